The van der Waals surface area contributed by atoms with Crippen molar-refractivity contribution in [2.75, 3.05) is 13.7 Å². The van der Waals surface area contributed by atoms with Crippen molar-refractivity contribution in [2.24, 2.45) is 0 Å². The van der Waals surface area contributed by atoms with E-state index in [2.05, 4.69) is 4.98 Å². The number of hydrogen-bond donors (Lipinski definition) is 0. The van der Waals surface area contributed by atoms with Gasteiger partial charge in [-0.2, -0.15) is 0 Å². The van der Waals surface area contributed by atoms with Crippen LogP contribution in [0.4, 0.5) is 0 Å². The first kappa shape index (κ1) is 19.2. The number of benzene rings is 2. The number of likely N-dealkylation sites (tertiary alicyclic amines) is 1. The Hall–Kier alpha value is -3.15. The number of amides is 1. The Labute approximate surface area is 169 Å². The van der Waals surface area contributed by atoms with Crippen LogP contribution in [0, 0.1) is 0 Å². The highest BCUT2D eigenvalue weighted by Gasteiger charge is 2.27. The smallest absolute Gasteiger partial charge is 0.261 e. The molecule has 6 nitrogen and oxygen atoms in total. The van der Waals surface area contributed by atoms with Crippen molar-refractivity contribution in [3.05, 3.63) is 70.8 Å². The van der Waals surface area contributed by atoms with Crippen LogP contribution in [0.3, 0.4) is 0 Å². The number of ether oxygens (including phenoxy) is 1. The molecule has 0 radical (unpaired) electrons. The first-order valence-electron chi connectivity index (χ1n) is 10.0. The molecule has 1 saturated heterocycles. The fourth-order valence-corrected chi connectivity index (χ4v) is 4.03. The summed E-state index contributed by atoms with van der Waals surface area (Å²) in [6.07, 6.45) is 5.56. The number of carbonyl (C=O) groups is 1. The van der Waals surface area contributed by atoms with Gasteiger partial charge in [0.2, 0.25) is 5.91 Å². The Morgan fingerprint density at radius 3 is 2.69 bits per heavy atom. The van der Waals surface area contributed by atoms with Crippen LogP contribution in [-0.4, -0.2) is 34.0 Å². The van der Waals surface area contributed by atoms with Crippen molar-refractivity contribution in [1.82, 2.24) is 14.5 Å². The molecular weight excluding hydrogens is 366 g/mol. The van der Waals surface area contributed by atoms with Gasteiger partial charge >= 0.3 is 0 Å². The average molecular weight is 391 g/mol. The maximum absolute atomic E-state index is 13.2. The molecule has 0 unspecified atom stereocenters. The summed E-state index contributed by atoms with van der Waals surface area (Å²) in [5, 5.41) is 0.533. The molecule has 1 amide bonds. The van der Waals surface area contributed by atoms with E-state index in [0.29, 0.717) is 17.4 Å². The van der Waals surface area contributed by atoms with Crippen LogP contribution in [0.25, 0.3) is 10.9 Å². The molecule has 1 aliphatic rings. The van der Waals surface area contributed by atoms with Gasteiger partial charge in [0.1, 0.15) is 12.3 Å². The second-order valence-corrected chi connectivity index (χ2v) is 7.42. The molecule has 1 aliphatic heterocycles. The molecule has 3 aromatic rings. The molecule has 29 heavy (non-hydrogen) atoms. The van der Waals surface area contributed by atoms with Gasteiger partial charge in [0.25, 0.3) is 5.56 Å². The van der Waals surface area contributed by atoms with Crippen LogP contribution in [0.15, 0.2) is 59.7 Å². The maximum atomic E-state index is 13.2. The summed E-state index contributed by atoms with van der Waals surface area (Å²) < 4.78 is 6.67. The molecule has 2 aromatic carbocycles. The fraction of sp³-hybridized carbons (Fsp3) is 0.348. The number of nitrogens with zero attached hydrogens (tertiary/aromatic N) is 3. The van der Waals surface area contributed by atoms with Crippen LogP contribution in [0.1, 0.15) is 37.3 Å². The largest absolute Gasteiger partial charge is 0.497 e. The normalized spacial score (nSPS) is 17.1. The summed E-state index contributed by atoms with van der Waals surface area (Å²) in [5.41, 5.74) is 1.57. The number of hydrogen-bond acceptors (Lipinski definition) is 4. The van der Waals surface area contributed by atoms with Crippen LogP contribution in [-0.2, 0) is 11.3 Å². The van der Waals surface area contributed by atoms with Crippen LogP contribution in [0.2, 0.25) is 0 Å². The first-order valence-corrected chi connectivity index (χ1v) is 10.0. The van der Waals surface area contributed by atoms with E-state index in [-0.39, 0.29) is 24.1 Å². The molecule has 1 aromatic heterocycles. The summed E-state index contributed by atoms with van der Waals surface area (Å²) in [7, 11) is 1.64. The van der Waals surface area contributed by atoms with Crippen LogP contribution in [0.5, 0.6) is 5.75 Å². The minimum Gasteiger partial charge on any atom is -0.497 e. The van der Waals surface area contributed by atoms with E-state index in [0.717, 1.165) is 37.0 Å². The van der Waals surface area contributed by atoms with Gasteiger partial charge in [0.15, 0.2) is 0 Å². The molecular formula is C23H25N3O3. The molecule has 0 spiro atoms. The number of fused-ring (bicyclic) bond motifs is 1. The lowest BCUT2D eigenvalue weighted by Crippen LogP contribution is -2.39. The van der Waals surface area contributed by atoms with Gasteiger partial charge in [-0.05, 0) is 42.7 Å². The Morgan fingerprint density at radius 1 is 1.10 bits per heavy atom. The van der Waals surface area contributed by atoms with E-state index in [1.54, 1.807) is 19.2 Å². The Morgan fingerprint density at radius 2 is 1.90 bits per heavy atom. The van der Waals surface area contributed by atoms with Crippen molar-refractivity contribution >= 4 is 16.8 Å². The van der Waals surface area contributed by atoms with Crippen molar-refractivity contribution in [2.45, 2.75) is 38.3 Å². The zero-order valence-electron chi connectivity index (χ0n) is 16.6. The second kappa shape index (κ2) is 8.47. The maximum Gasteiger partial charge on any atom is 0.261 e. The number of methoxy groups -OCH3 is 1. The molecule has 1 atom stereocenters. The zero-order valence-corrected chi connectivity index (χ0v) is 16.6. The monoisotopic (exact) mass is 391 g/mol. The summed E-state index contributed by atoms with van der Waals surface area (Å²) in [6, 6.07) is 15.1. The van der Waals surface area contributed by atoms with Gasteiger partial charge in [-0.25, -0.2) is 4.98 Å². The lowest BCUT2D eigenvalue weighted by Gasteiger charge is -2.31. The number of carbonyl (C=O) groups excluding carboxylic acids is 1. The third kappa shape index (κ3) is 4.01. The van der Waals surface area contributed by atoms with Gasteiger partial charge in [0, 0.05) is 6.54 Å². The molecule has 0 bridgehead atoms. The zero-order chi connectivity index (χ0) is 20.2. The van der Waals surface area contributed by atoms with E-state index in [1.165, 1.54) is 10.9 Å². The Kier molecular flexibility index (Phi) is 5.60. The van der Waals surface area contributed by atoms with E-state index in [9.17, 15) is 9.59 Å². The third-order valence-electron chi connectivity index (χ3n) is 5.61. The van der Waals surface area contributed by atoms with Gasteiger partial charge in [-0.3, -0.25) is 14.2 Å². The molecule has 6 heteroatoms. The molecule has 4 rings (SSSR count). The minimum atomic E-state index is -0.181. The Balaban J connectivity index is 1.61. The van der Waals surface area contributed by atoms with Gasteiger partial charge < -0.3 is 9.64 Å². The quantitative estimate of drug-likeness (QED) is 0.682. The molecule has 0 saturated carbocycles. The standard InChI is InChI=1S/C23H25N3O3/c1-29-18-12-10-17(11-13-18)21-9-3-2-6-14-26(21)22(27)15-25-16-24-20-8-5-4-7-19(20)23(25)28/h4-5,7-8,10-13,16,21H,2-3,6,9,14-15H2,1H3/t21-/m1/s1. The average Bonchev–Trinajstić information content (AvgIpc) is 3.02. The summed E-state index contributed by atoms with van der Waals surface area (Å²) in [4.78, 5) is 32.3. The lowest BCUT2D eigenvalue weighted by atomic mass is 10.0. The number of para-hydroxylation sites is 1. The van der Waals surface area contributed by atoms with E-state index in [1.807, 2.05) is 41.3 Å². The molecule has 150 valence electrons. The lowest BCUT2D eigenvalue weighted by molar-refractivity contribution is -0.134. The molecule has 0 N–H and O–H groups in total. The summed E-state index contributed by atoms with van der Waals surface area (Å²) >= 11 is 0. The predicted molar refractivity (Wildman–Crippen MR) is 112 cm³/mol. The van der Waals surface area contributed by atoms with Crippen molar-refractivity contribution in [3.63, 3.8) is 0 Å². The van der Waals surface area contributed by atoms with Crippen molar-refractivity contribution < 1.29 is 9.53 Å². The molecule has 1 fully saturated rings. The highest BCUT2D eigenvalue weighted by Crippen LogP contribution is 2.31. The highest BCUT2D eigenvalue weighted by atomic mass is 16.5. The molecule has 2 heterocycles. The van der Waals surface area contributed by atoms with Gasteiger partial charge in [0.05, 0.1) is 30.4 Å². The van der Waals surface area contributed by atoms with Crippen LogP contribution < -0.4 is 10.3 Å². The topological polar surface area (TPSA) is 64.4 Å². The van der Waals surface area contributed by atoms with E-state index in [4.69, 9.17) is 4.74 Å². The SMILES string of the molecule is COc1ccc([C@H]2CCCCCN2C(=O)Cn2cnc3ccccc3c2=O)cc1. The fourth-order valence-electron chi connectivity index (χ4n) is 4.03. The van der Waals surface area contributed by atoms with Gasteiger partial charge in [-0.1, -0.05) is 37.1 Å². The van der Waals surface area contributed by atoms with Crippen molar-refractivity contribution in [3.8, 4) is 5.75 Å². The minimum absolute atomic E-state index is 0.00330. The predicted octanol–water partition coefficient (Wildman–Crippen LogP) is 3.55. The number of aromatic nitrogens is 2. The van der Waals surface area contributed by atoms with Crippen LogP contribution >= 0.6 is 0 Å². The molecule has 0 aliphatic carbocycles. The highest BCUT2D eigenvalue weighted by molar-refractivity contribution is 5.79. The van der Waals surface area contributed by atoms with Gasteiger partial charge in [-0.15, -0.1) is 0 Å². The second-order valence-electron chi connectivity index (χ2n) is 7.42. The third-order valence-corrected chi connectivity index (χ3v) is 5.61. The number of rotatable bonds is 4. The summed E-state index contributed by atoms with van der Waals surface area (Å²) in [6.45, 7) is 0.703. The van der Waals surface area contributed by atoms with Crippen molar-refractivity contribution in [1.29, 1.82) is 0 Å². The van der Waals surface area contributed by atoms with E-state index < -0.39 is 0 Å². The van der Waals surface area contributed by atoms with E-state index >= 15 is 0 Å². The first-order chi connectivity index (χ1) is 14.2. The Bertz CT molecular complexity index is 1060. The summed E-state index contributed by atoms with van der Waals surface area (Å²) in [5.74, 6) is 0.751.